The molecule has 0 aliphatic carbocycles. The molecule has 0 aliphatic rings. The zero-order valence-electron chi connectivity index (χ0n) is 10.2. The monoisotopic (exact) mass is 209 g/mol. The first-order valence-electron chi connectivity index (χ1n) is 5.97. The van der Waals surface area contributed by atoms with Crippen LogP contribution in [-0.4, -0.2) is 16.8 Å². The van der Waals surface area contributed by atoms with Crippen LogP contribution >= 0.6 is 0 Å². The van der Waals surface area contributed by atoms with Crippen molar-refractivity contribution in [3.63, 3.8) is 0 Å². The normalized spacial score (nSPS) is 13.0. The van der Waals surface area contributed by atoms with E-state index >= 15 is 0 Å². The number of rotatable bonds is 7. The van der Waals surface area contributed by atoms with Gasteiger partial charge in [0.1, 0.15) is 0 Å². The fraction of sp³-hybridized carbons (Fsp3) is 0.750. The van der Waals surface area contributed by atoms with Gasteiger partial charge in [-0.3, -0.25) is 4.68 Å². The molecule has 86 valence electrons. The van der Waals surface area contributed by atoms with Crippen LogP contribution in [0.5, 0.6) is 0 Å². The Labute approximate surface area is 92.9 Å². The maximum Gasteiger partial charge on any atom is 0.0537 e. The average molecular weight is 209 g/mol. The quantitative estimate of drug-likeness (QED) is 0.700. The Morgan fingerprint density at radius 3 is 2.87 bits per heavy atom. The number of nitrogens with zero attached hydrogens (tertiary/aromatic N) is 2. The van der Waals surface area contributed by atoms with Crippen LogP contribution in [0.1, 0.15) is 51.1 Å². The summed E-state index contributed by atoms with van der Waals surface area (Å²) in [4.78, 5) is 0. The van der Waals surface area contributed by atoms with Crippen molar-refractivity contribution in [1.29, 1.82) is 0 Å². The number of hydrogen-bond acceptors (Lipinski definition) is 2. The Hall–Kier alpha value is -0.830. The van der Waals surface area contributed by atoms with Gasteiger partial charge >= 0.3 is 0 Å². The summed E-state index contributed by atoms with van der Waals surface area (Å²) in [6.45, 7) is 5.44. The van der Waals surface area contributed by atoms with Crippen molar-refractivity contribution in [3.05, 3.63) is 18.0 Å². The molecule has 0 aliphatic heterocycles. The lowest BCUT2D eigenvalue weighted by Crippen LogP contribution is -2.11. The smallest absolute Gasteiger partial charge is 0.0537 e. The molecule has 0 saturated heterocycles. The van der Waals surface area contributed by atoms with Gasteiger partial charge in [-0.1, -0.05) is 26.2 Å². The first kappa shape index (κ1) is 12.2. The van der Waals surface area contributed by atoms with E-state index in [4.69, 9.17) is 0 Å². The fourth-order valence-electron chi connectivity index (χ4n) is 1.59. The average Bonchev–Trinajstić information content (AvgIpc) is 2.72. The number of aryl methyl sites for hydroxylation is 1. The molecule has 1 N–H and O–H groups in total. The first-order chi connectivity index (χ1) is 7.27. The third-order valence-corrected chi connectivity index (χ3v) is 2.83. The Balaban J connectivity index is 2.33. The molecule has 1 aromatic rings. The van der Waals surface area contributed by atoms with Crippen molar-refractivity contribution in [2.45, 2.75) is 52.1 Å². The molecule has 0 saturated carbocycles. The Kier molecular flexibility index (Phi) is 5.40. The van der Waals surface area contributed by atoms with Crippen molar-refractivity contribution in [2.24, 2.45) is 0 Å². The molecule has 0 spiro atoms. The van der Waals surface area contributed by atoms with Crippen molar-refractivity contribution in [3.8, 4) is 0 Å². The molecule has 1 atom stereocenters. The highest BCUT2D eigenvalue weighted by Crippen LogP contribution is 2.10. The van der Waals surface area contributed by atoms with Gasteiger partial charge in [0.2, 0.25) is 0 Å². The minimum atomic E-state index is 0.398. The van der Waals surface area contributed by atoms with Crippen LogP contribution < -0.4 is 5.32 Å². The maximum atomic E-state index is 4.36. The van der Waals surface area contributed by atoms with E-state index in [9.17, 15) is 0 Å². The molecular weight excluding hydrogens is 186 g/mol. The summed E-state index contributed by atoms with van der Waals surface area (Å²) in [5, 5.41) is 7.58. The van der Waals surface area contributed by atoms with Crippen LogP contribution in [0.2, 0.25) is 0 Å². The van der Waals surface area contributed by atoms with Gasteiger partial charge in [0.25, 0.3) is 0 Å². The van der Waals surface area contributed by atoms with Gasteiger partial charge in [0, 0.05) is 24.3 Å². The Bertz CT molecular complexity index is 268. The summed E-state index contributed by atoms with van der Waals surface area (Å²) in [7, 11) is 1.98. The topological polar surface area (TPSA) is 29.9 Å². The first-order valence-corrected chi connectivity index (χ1v) is 5.97. The molecule has 1 aromatic heterocycles. The standard InChI is InChI=1S/C12H23N3/c1-4-5-6-7-8-15-10-12(9-14-15)11(2)13-3/h9-11,13H,4-8H2,1-3H3. The molecule has 0 fully saturated rings. The molecule has 0 amide bonds. The number of hydrogen-bond donors (Lipinski definition) is 1. The lowest BCUT2D eigenvalue weighted by Gasteiger charge is -2.05. The van der Waals surface area contributed by atoms with Crippen molar-refractivity contribution in [1.82, 2.24) is 15.1 Å². The molecule has 1 rings (SSSR count). The molecule has 3 nitrogen and oxygen atoms in total. The van der Waals surface area contributed by atoms with E-state index in [0.29, 0.717) is 6.04 Å². The SMILES string of the molecule is CCCCCCn1cc(C(C)NC)cn1. The molecule has 1 heterocycles. The highest BCUT2D eigenvalue weighted by atomic mass is 15.3. The summed E-state index contributed by atoms with van der Waals surface area (Å²) in [6.07, 6.45) is 9.28. The molecule has 0 aromatic carbocycles. The van der Waals surface area contributed by atoms with Crippen LogP contribution in [-0.2, 0) is 6.54 Å². The zero-order chi connectivity index (χ0) is 11.1. The van der Waals surface area contributed by atoms with Gasteiger partial charge in [-0.15, -0.1) is 0 Å². The Morgan fingerprint density at radius 2 is 2.20 bits per heavy atom. The van der Waals surface area contributed by atoms with E-state index in [1.807, 2.05) is 13.2 Å². The van der Waals surface area contributed by atoms with Gasteiger partial charge in [-0.05, 0) is 20.4 Å². The zero-order valence-corrected chi connectivity index (χ0v) is 10.2. The van der Waals surface area contributed by atoms with E-state index in [1.165, 1.54) is 31.2 Å². The van der Waals surface area contributed by atoms with E-state index in [-0.39, 0.29) is 0 Å². The molecule has 1 unspecified atom stereocenters. The molecular formula is C12H23N3. The summed E-state index contributed by atoms with van der Waals surface area (Å²) in [5.41, 5.74) is 1.27. The van der Waals surface area contributed by atoms with E-state index in [1.54, 1.807) is 0 Å². The van der Waals surface area contributed by atoms with Crippen LogP contribution in [0.4, 0.5) is 0 Å². The summed E-state index contributed by atoms with van der Waals surface area (Å²) in [6, 6.07) is 0.398. The lowest BCUT2D eigenvalue weighted by molar-refractivity contribution is 0.540. The van der Waals surface area contributed by atoms with Gasteiger partial charge in [0.05, 0.1) is 6.20 Å². The van der Waals surface area contributed by atoms with Crippen LogP contribution in [0, 0.1) is 0 Å². The van der Waals surface area contributed by atoms with Gasteiger partial charge in [0.15, 0.2) is 0 Å². The second kappa shape index (κ2) is 6.62. The Morgan fingerprint density at radius 1 is 1.40 bits per heavy atom. The second-order valence-electron chi connectivity index (χ2n) is 4.11. The van der Waals surface area contributed by atoms with Gasteiger partial charge in [-0.25, -0.2) is 0 Å². The summed E-state index contributed by atoms with van der Waals surface area (Å²) < 4.78 is 2.05. The van der Waals surface area contributed by atoms with E-state index in [0.717, 1.165) is 6.54 Å². The van der Waals surface area contributed by atoms with Crippen LogP contribution in [0.25, 0.3) is 0 Å². The summed E-state index contributed by atoms with van der Waals surface area (Å²) >= 11 is 0. The minimum absolute atomic E-state index is 0.398. The maximum absolute atomic E-state index is 4.36. The largest absolute Gasteiger partial charge is 0.313 e. The van der Waals surface area contributed by atoms with Gasteiger partial charge in [-0.2, -0.15) is 5.10 Å². The minimum Gasteiger partial charge on any atom is -0.313 e. The highest BCUT2D eigenvalue weighted by molar-refractivity contribution is 5.08. The molecule has 3 heteroatoms. The van der Waals surface area contributed by atoms with E-state index in [2.05, 4.69) is 35.1 Å². The predicted molar refractivity (Wildman–Crippen MR) is 63.8 cm³/mol. The third kappa shape index (κ3) is 4.04. The van der Waals surface area contributed by atoms with Gasteiger partial charge < -0.3 is 5.32 Å². The van der Waals surface area contributed by atoms with Crippen molar-refractivity contribution in [2.75, 3.05) is 7.05 Å². The lowest BCUT2D eigenvalue weighted by atomic mass is 10.2. The van der Waals surface area contributed by atoms with Crippen molar-refractivity contribution < 1.29 is 0 Å². The van der Waals surface area contributed by atoms with E-state index < -0.39 is 0 Å². The molecule has 15 heavy (non-hydrogen) atoms. The number of unbranched alkanes of at least 4 members (excludes halogenated alkanes) is 3. The number of aromatic nitrogens is 2. The third-order valence-electron chi connectivity index (χ3n) is 2.83. The second-order valence-corrected chi connectivity index (χ2v) is 4.11. The van der Waals surface area contributed by atoms with Crippen LogP contribution in [0.3, 0.4) is 0 Å². The molecule has 0 bridgehead atoms. The predicted octanol–water partition coefficient (Wildman–Crippen LogP) is 2.74. The van der Waals surface area contributed by atoms with Crippen molar-refractivity contribution >= 4 is 0 Å². The summed E-state index contributed by atoms with van der Waals surface area (Å²) in [5.74, 6) is 0. The van der Waals surface area contributed by atoms with Crippen LogP contribution in [0.15, 0.2) is 12.4 Å². The molecule has 0 radical (unpaired) electrons. The number of nitrogens with one attached hydrogen (secondary N) is 1. The fourth-order valence-corrected chi connectivity index (χ4v) is 1.59. The highest BCUT2D eigenvalue weighted by Gasteiger charge is 2.04.